The fourth-order valence-electron chi connectivity index (χ4n) is 3.59. The molecule has 3 nitrogen and oxygen atoms in total. The fourth-order valence-corrected chi connectivity index (χ4v) is 4.44. The minimum absolute atomic E-state index is 0.00196. The molecule has 0 spiro atoms. The lowest BCUT2D eigenvalue weighted by atomic mass is 9.93. The van der Waals surface area contributed by atoms with E-state index in [1.165, 1.54) is 10.5 Å². The molecule has 1 N–H and O–H groups in total. The Bertz CT molecular complexity index is 1170. The largest absolute Gasteiger partial charge is 0.507 e. The van der Waals surface area contributed by atoms with Gasteiger partial charge in [0.25, 0.3) is 0 Å². The molecule has 0 saturated carbocycles. The van der Waals surface area contributed by atoms with Crippen molar-refractivity contribution in [1.82, 2.24) is 0 Å². The van der Waals surface area contributed by atoms with E-state index >= 15 is 0 Å². The third-order valence-corrected chi connectivity index (χ3v) is 6.11. The van der Waals surface area contributed by atoms with Crippen LogP contribution >= 0.6 is 11.8 Å². The summed E-state index contributed by atoms with van der Waals surface area (Å²) in [6.45, 7) is 9.49. The third-order valence-electron chi connectivity index (χ3n) is 5.10. The zero-order valence-electron chi connectivity index (χ0n) is 18.1. The Morgan fingerprint density at radius 2 is 1.63 bits per heavy atom. The maximum Gasteiger partial charge on any atom is 0.347 e. The van der Waals surface area contributed by atoms with Crippen LogP contribution in [0.15, 0.2) is 50.5 Å². The Morgan fingerprint density at radius 1 is 1.00 bits per heavy atom. The van der Waals surface area contributed by atoms with E-state index in [1.807, 2.05) is 26.0 Å². The number of aryl methyl sites for hydroxylation is 4. The van der Waals surface area contributed by atoms with E-state index < -0.39 is 5.63 Å². The highest BCUT2D eigenvalue weighted by atomic mass is 32.2. The highest BCUT2D eigenvalue weighted by molar-refractivity contribution is 7.99. The Kier molecular flexibility index (Phi) is 6.74. The normalized spacial score (nSPS) is 10.6. The Labute approximate surface area is 182 Å². The van der Waals surface area contributed by atoms with Gasteiger partial charge in [0.1, 0.15) is 17.1 Å². The van der Waals surface area contributed by atoms with Gasteiger partial charge in [0, 0.05) is 28.2 Å². The zero-order chi connectivity index (χ0) is 21.8. The molecule has 0 aliphatic carbocycles. The number of hydrogen-bond donors (Lipinski definition) is 1. The molecule has 0 saturated heterocycles. The van der Waals surface area contributed by atoms with Gasteiger partial charge in [0.2, 0.25) is 0 Å². The summed E-state index contributed by atoms with van der Waals surface area (Å²) in [7, 11) is 0. The van der Waals surface area contributed by atoms with E-state index in [1.54, 1.807) is 25.6 Å². The molecular formula is C26H26O3S. The monoisotopic (exact) mass is 418 g/mol. The lowest BCUT2D eigenvalue weighted by molar-refractivity contribution is 0.423. The number of rotatable bonds is 5. The van der Waals surface area contributed by atoms with Gasteiger partial charge in [0.05, 0.1) is 0 Å². The second-order valence-electron chi connectivity index (χ2n) is 7.43. The van der Waals surface area contributed by atoms with Gasteiger partial charge in [-0.3, -0.25) is 0 Å². The smallest absolute Gasteiger partial charge is 0.347 e. The van der Waals surface area contributed by atoms with Crippen LogP contribution in [-0.2, 0) is 6.42 Å². The summed E-state index contributed by atoms with van der Waals surface area (Å²) in [4.78, 5) is 14.0. The number of hydrogen-bond acceptors (Lipinski definition) is 4. The van der Waals surface area contributed by atoms with Gasteiger partial charge < -0.3 is 9.52 Å². The first kappa shape index (κ1) is 21.8. The lowest BCUT2D eigenvalue weighted by Crippen LogP contribution is -2.10. The zero-order valence-corrected chi connectivity index (χ0v) is 18.9. The summed E-state index contributed by atoms with van der Waals surface area (Å²) in [5, 5.41) is 10.9. The molecule has 0 fully saturated rings. The Balaban J connectivity index is 1.90. The highest BCUT2D eigenvalue weighted by Crippen LogP contribution is 2.35. The van der Waals surface area contributed by atoms with Crippen molar-refractivity contribution in [2.45, 2.75) is 45.9 Å². The van der Waals surface area contributed by atoms with Crippen LogP contribution in [0.5, 0.6) is 5.75 Å². The first-order valence-electron chi connectivity index (χ1n) is 9.91. The molecule has 30 heavy (non-hydrogen) atoms. The molecule has 0 unspecified atom stereocenters. The van der Waals surface area contributed by atoms with Gasteiger partial charge in [-0.1, -0.05) is 23.6 Å². The molecule has 0 aliphatic heterocycles. The number of benzene rings is 2. The molecule has 0 radical (unpaired) electrons. The van der Waals surface area contributed by atoms with Gasteiger partial charge in [-0.15, -0.1) is 17.7 Å². The maximum absolute atomic E-state index is 12.8. The van der Waals surface area contributed by atoms with E-state index in [9.17, 15) is 9.90 Å². The quantitative estimate of drug-likeness (QED) is 0.411. The van der Waals surface area contributed by atoms with E-state index in [2.05, 4.69) is 43.0 Å². The van der Waals surface area contributed by atoms with Gasteiger partial charge >= 0.3 is 5.63 Å². The topological polar surface area (TPSA) is 50.4 Å². The van der Waals surface area contributed by atoms with Gasteiger partial charge in [-0.05, 0) is 75.6 Å². The fraction of sp³-hybridized carbons (Fsp3) is 0.269. The van der Waals surface area contributed by atoms with Crippen molar-refractivity contribution < 1.29 is 9.52 Å². The van der Waals surface area contributed by atoms with Crippen molar-refractivity contribution >= 4 is 11.8 Å². The molecular weight excluding hydrogens is 392 g/mol. The Hall–Kier alpha value is -2.90. The van der Waals surface area contributed by atoms with Gasteiger partial charge in [-0.25, -0.2) is 4.79 Å². The summed E-state index contributed by atoms with van der Waals surface area (Å²) in [5.74, 6) is 7.22. The van der Waals surface area contributed by atoms with Crippen LogP contribution in [0.25, 0.3) is 11.1 Å². The SMILES string of the molecule is CC#Cc1cc(C)c(-c2c(O)c(C)c(CCSc3ccc(C)cc3)oc2=O)c(C)c1. The predicted octanol–water partition coefficient (Wildman–Crippen LogP) is 5.95. The standard InChI is InChI=1S/C26H26O3S/c1-6-7-20-14-17(3)23(18(4)15-20)24-25(27)19(5)22(29-26(24)28)12-13-30-21-10-8-16(2)9-11-21/h8-11,14-15,27H,12-13H2,1-5H3. The number of aromatic hydroxyl groups is 1. The second-order valence-corrected chi connectivity index (χ2v) is 8.60. The average molecular weight is 419 g/mol. The first-order chi connectivity index (χ1) is 14.3. The van der Waals surface area contributed by atoms with Crippen molar-refractivity contribution in [2.24, 2.45) is 0 Å². The van der Waals surface area contributed by atoms with Crippen LogP contribution in [0.1, 0.15) is 40.5 Å². The minimum Gasteiger partial charge on any atom is -0.507 e. The Morgan fingerprint density at radius 3 is 2.23 bits per heavy atom. The average Bonchev–Trinajstić information content (AvgIpc) is 2.69. The summed E-state index contributed by atoms with van der Waals surface area (Å²) >= 11 is 1.70. The van der Waals surface area contributed by atoms with E-state index in [-0.39, 0.29) is 11.3 Å². The molecule has 1 heterocycles. The number of thioether (sulfide) groups is 1. The third kappa shape index (κ3) is 4.63. The summed E-state index contributed by atoms with van der Waals surface area (Å²) < 4.78 is 5.66. The van der Waals surface area contributed by atoms with Crippen molar-refractivity contribution in [1.29, 1.82) is 0 Å². The van der Waals surface area contributed by atoms with Gasteiger partial charge in [0.15, 0.2) is 0 Å². The van der Waals surface area contributed by atoms with Crippen LogP contribution in [0.3, 0.4) is 0 Å². The molecule has 0 bridgehead atoms. The molecule has 3 rings (SSSR count). The van der Waals surface area contributed by atoms with Crippen molar-refractivity contribution in [3.05, 3.63) is 80.4 Å². The molecule has 4 heteroatoms. The van der Waals surface area contributed by atoms with Crippen LogP contribution in [0.4, 0.5) is 0 Å². The molecule has 154 valence electrons. The van der Waals surface area contributed by atoms with E-state index in [0.29, 0.717) is 23.3 Å². The summed E-state index contributed by atoms with van der Waals surface area (Å²) in [6, 6.07) is 12.2. The molecule has 2 aromatic carbocycles. The van der Waals surface area contributed by atoms with Gasteiger partial charge in [-0.2, -0.15) is 0 Å². The minimum atomic E-state index is -0.506. The van der Waals surface area contributed by atoms with E-state index in [0.717, 1.165) is 22.4 Å². The molecule has 0 aliphatic rings. The molecule has 3 aromatic rings. The highest BCUT2D eigenvalue weighted by Gasteiger charge is 2.21. The van der Waals surface area contributed by atoms with Crippen LogP contribution < -0.4 is 5.63 Å². The molecule has 0 atom stereocenters. The first-order valence-corrected chi connectivity index (χ1v) is 10.9. The van der Waals surface area contributed by atoms with E-state index in [4.69, 9.17) is 4.42 Å². The predicted molar refractivity (Wildman–Crippen MR) is 124 cm³/mol. The van der Waals surface area contributed by atoms with Crippen LogP contribution in [0, 0.1) is 39.5 Å². The van der Waals surface area contributed by atoms with Crippen molar-refractivity contribution in [3.8, 4) is 28.7 Å². The second kappa shape index (κ2) is 9.28. The summed E-state index contributed by atoms with van der Waals surface area (Å²) in [6.07, 6.45) is 0.566. The maximum atomic E-state index is 12.8. The van der Waals surface area contributed by atoms with Crippen LogP contribution in [0.2, 0.25) is 0 Å². The summed E-state index contributed by atoms with van der Waals surface area (Å²) in [5.41, 5.74) is 4.94. The molecule has 0 amide bonds. The lowest BCUT2D eigenvalue weighted by Gasteiger charge is -2.14. The molecule has 1 aromatic heterocycles. The van der Waals surface area contributed by atoms with Crippen molar-refractivity contribution in [3.63, 3.8) is 0 Å². The van der Waals surface area contributed by atoms with Crippen LogP contribution in [-0.4, -0.2) is 10.9 Å². The van der Waals surface area contributed by atoms with Crippen molar-refractivity contribution in [2.75, 3.05) is 5.75 Å².